The number of aryl methyl sites for hydroxylation is 1. The molecule has 2 heteroatoms. The molecule has 0 saturated heterocycles. The molecule has 0 spiro atoms. The van der Waals surface area contributed by atoms with Crippen LogP contribution in [-0.4, -0.2) is 6.61 Å². The fraction of sp³-hybridized carbons (Fsp3) is 0.462. The Morgan fingerprint density at radius 2 is 2.27 bits per heavy atom. The second-order valence-electron chi connectivity index (χ2n) is 4.21. The Labute approximate surface area is 90.5 Å². The third-order valence-electron chi connectivity index (χ3n) is 2.78. The first-order chi connectivity index (χ1) is 7.29. The van der Waals surface area contributed by atoms with Crippen LogP contribution in [0.3, 0.4) is 0 Å². The largest absolute Gasteiger partial charge is 0.376 e. The van der Waals surface area contributed by atoms with Gasteiger partial charge in [0, 0.05) is 6.61 Å². The number of ether oxygens (including phenoxy) is 1. The molecule has 1 aliphatic carbocycles. The normalized spacial score (nSPS) is 14.9. The Morgan fingerprint density at radius 3 is 2.87 bits per heavy atom. The minimum absolute atomic E-state index is 0.675. The highest BCUT2D eigenvalue weighted by molar-refractivity contribution is 5.37. The summed E-state index contributed by atoms with van der Waals surface area (Å²) in [6.45, 7) is 3.59. The number of nitrogens with zero attached hydrogens (tertiary/aromatic N) is 1. The van der Waals surface area contributed by atoms with Crippen LogP contribution in [0.25, 0.3) is 0 Å². The van der Waals surface area contributed by atoms with E-state index in [9.17, 15) is 0 Å². The van der Waals surface area contributed by atoms with Gasteiger partial charge in [0.05, 0.1) is 18.2 Å². The van der Waals surface area contributed by atoms with E-state index in [1.165, 1.54) is 18.4 Å². The molecule has 78 valence electrons. The molecule has 0 aliphatic heterocycles. The second-order valence-corrected chi connectivity index (χ2v) is 4.21. The lowest BCUT2D eigenvalue weighted by molar-refractivity contribution is 0.111. The molecule has 0 N–H and O–H groups in total. The van der Waals surface area contributed by atoms with E-state index in [0.717, 1.165) is 23.7 Å². The van der Waals surface area contributed by atoms with Crippen LogP contribution in [0.4, 0.5) is 0 Å². The summed E-state index contributed by atoms with van der Waals surface area (Å²) in [5.74, 6) is 0.809. The lowest BCUT2D eigenvalue weighted by Crippen LogP contribution is -1.99. The summed E-state index contributed by atoms with van der Waals surface area (Å²) in [6, 6.07) is 7.89. The maximum Gasteiger partial charge on any atom is 0.0991 e. The number of rotatable bonds is 4. The molecule has 0 amide bonds. The van der Waals surface area contributed by atoms with E-state index >= 15 is 0 Å². The van der Waals surface area contributed by atoms with Crippen molar-refractivity contribution in [2.75, 3.05) is 6.61 Å². The molecule has 0 bridgehead atoms. The first-order valence-electron chi connectivity index (χ1n) is 5.37. The lowest BCUT2D eigenvalue weighted by Gasteiger charge is -2.06. The van der Waals surface area contributed by atoms with Gasteiger partial charge in [0.1, 0.15) is 0 Å². The Bertz CT molecular complexity index is 388. The van der Waals surface area contributed by atoms with Gasteiger partial charge in [0.2, 0.25) is 0 Å². The highest BCUT2D eigenvalue weighted by Gasteiger charge is 2.21. The van der Waals surface area contributed by atoms with Gasteiger partial charge in [-0.1, -0.05) is 6.07 Å². The molecule has 1 aromatic carbocycles. The molecule has 15 heavy (non-hydrogen) atoms. The van der Waals surface area contributed by atoms with Crippen molar-refractivity contribution in [2.24, 2.45) is 5.92 Å². The smallest absolute Gasteiger partial charge is 0.0991 e. The van der Waals surface area contributed by atoms with Crippen molar-refractivity contribution in [3.8, 4) is 6.07 Å². The fourth-order valence-corrected chi connectivity index (χ4v) is 1.55. The highest BCUT2D eigenvalue weighted by Crippen LogP contribution is 2.29. The summed E-state index contributed by atoms with van der Waals surface area (Å²) in [4.78, 5) is 0. The van der Waals surface area contributed by atoms with Crippen LogP contribution in [-0.2, 0) is 11.3 Å². The number of hydrogen-bond acceptors (Lipinski definition) is 2. The summed E-state index contributed by atoms with van der Waals surface area (Å²) in [6.07, 6.45) is 2.65. The Balaban J connectivity index is 1.92. The van der Waals surface area contributed by atoms with Gasteiger partial charge in [0.25, 0.3) is 0 Å². The molecule has 2 rings (SSSR count). The zero-order valence-electron chi connectivity index (χ0n) is 8.99. The predicted octanol–water partition coefficient (Wildman–Crippen LogP) is 2.79. The lowest BCUT2D eigenvalue weighted by atomic mass is 10.1. The van der Waals surface area contributed by atoms with E-state index in [1.54, 1.807) is 0 Å². The Morgan fingerprint density at radius 1 is 1.47 bits per heavy atom. The predicted molar refractivity (Wildman–Crippen MR) is 58.3 cm³/mol. The fourth-order valence-electron chi connectivity index (χ4n) is 1.55. The van der Waals surface area contributed by atoms with E-state index in [0.29, 0.717) is 6.61 Å². The van der Waals surface area contributed by atoms with Crippen molar-refractivity contribution >= 4 is 0 Å². The van der Waals surface area contributed by atoms with E-state index in [2.05, 4.69) is 6.07 Å². The standard InChI is InChI=1S/C13H15NO/c1-10-6-12(7-14)4-5-13(10)9-15-8-11-2-3-11/h4-6,11H,2-3,8-9H2,1H3. The van der Waals surface area contributed by atoms with E-state index in [1.807, 2.05) is 25.1 Å². The molecule has 0 aromatic heterocycles. The summed E-state index contributed by atoms with van der Waals surface area (Å²) < 4.78 is 5.62. The molecule has 1 aliphatic rings. The van der Waals surface area contributed by atoms with Crippen LogP contribution in [0.15, 0.2) is 18.2 Å². The first kappa shape index (κ1) is 10.2. The zero-order chi connectivity index (χ0) is 10.7. The summed E-state index contributed by atoms with van der Waals surface area (Å²) in [7, 11) is 0. The van der Waals surface area contributed by atoms with Gasteiger partial charge in [-0.3, -0.25) is 0 Å². The SMILES string of the molecule is Cc1cc(C#N)ccc1COCC1CC1. The minimum Gasteiger partial charge on any atom is -0.376 e. The third-order valence-corrected chi connectivity index (χ3v) is 2.78. The Kier molecular flexibility index (Phi) is 3.03. The van der Waals surface area contributed by atoms with E-state index in [4.69, 9.17) is 10.00 Å². The monoisotopic (exact) mass is 201 g/mol. The van der Waals surface area contributed by atoms with Crippen molar-refractivity contribution in [1.29, 1.82) is 5.26 Å². The molecule has 1 saturated carbocycles. The van der Waals surface area contributed by atoms with E-state index < -0.39 is 0 Å². The molecular formula is C13H15NO. The third kappa shape index (κ3) is 2.81. The average molecular weight is 201 g/mol. The van der Waals surface area contributed by atoms with Gasteiger partial charge in [-0.15, -0.1) is 0 Å². The molecule has 0 heterocycles. The van der Waals surface area contributed by atoms with Gasteiger partial charge in [-0.25, -0.2) is 0 Å². The quantitative estimate of drug-likeness (QED) is 0.750. The molecule has 2 nitrogen and oxygen atoms in total. The zero-order valence-corrected chi connectivity index (χ0v) is 8.99. The number of nitriles is 1. The summed E-state index contributed by atoms with van der Waals surface area (Å²) >= 11 is 0. The van der Waals surface area contributed by atoms with Gasteiger partial charge in [-0.2, -0.15) is 5.26 Å². The molecule has 1 aromatic rings. The Hall–Kier alpha value is -1.33. The summed E-state index contributed by atoms with van der Waals surface area (Å²) in [5, 5.41) is 8.73. The summed E-state index contributed by atoms with van der Waals surface area (Å²) in [5.41, 5.74) is 3.05. The average Bonchev–Trinajstić information content (AvgIpc) is 3.04. The molecule has 0 radical (unpaired) electrons. The van der Waals surface area contributed by atoms with Crippen LogP contribution < -0.4 is 0 Å². The van der Waals surface area contributed by atoms with Gasteiger partial charge in [-0.05, 0) is 48.9 Å². The van der Waals surface area contributed by atoms with Crippen molar-refractivity contribution in [1.82, 2.24) is 0 Å². The maximum absolute atomic E-state index is 8.73. The number of hydrogen-bond donors (Lipinski definition) is 0. The highest BCUT2D eigenvalue weighted by atomic mass is 16.5. The van der Waals surface area contributed by atoms with Gasteiger partial charge < -0.3 is 4.74 Å². The molecule has 1 fully saturated rings. The van der Waals surface area contributed by atoms with Crippen LogP contribution >= 0.6 is 0 Å². The minimum atomic E-state index is 0.675. The topological polar surface area (TPSA) is 33.0 Å². The molecule has 0 atom stereocenters. The van der Waals surface area contributed by atoms with Crippen molar-refractivity contribution in [2.45, 2.75) is 26.4 Å². The van der Waals surface area contributed by atoms with Crippen LogP contribution in [0.5, 0.6) is 0 Å². The van der Waals surface area contributed by atoms with Crippen LogP contribution in [0.1, 0.15) is 29.5 Å². The van der Waals surface area contributed by atoms with Crippen LogP contribution in [0.2, 0.25) is 0 Å². The molecular weight excluding hydrogens is 186 g/mol. The van der Waals surface area contributed by atoms with Crippen LogP contribution in [0, 0.1) is 24.2 Å². The number of benzene rings is 1. The van der Waals surface area contributed by atoms with Gasteiger partial charge in [0.15, 0.2) is 0 Å². The maximum atomic E-state index is 8.73. The molecule has 0 unspecified atom stereocenters. The van der Waals surface area contributed by atoms with Crippen molar-refractivity contribution in [3.63, 3.8) is 0 Å². The van der Waals surface area contributed by atoms with Crippen molar-refractivity contribution in [3.05, 3.63) is 34.9 Å². The van der Waals surface area contributed by atoms with E-state index in [-0.39, 0.29) is 0 Å². The van der Waals surface area contributed by atoms with Crippen molar-refractivity contribution < 1.29 is 4.74 Å². The van der Waals surface area contributed by atoms with Gasteiger partial charge >= 0.3 is 0 Å². The second kappa shape index (κ2) is 4.46. The first-order valence-corrected chi connectivity index (χ1v) is 5.37.